The van der Waals surface area contributed by atoms with E-state index in [4.69, 9.17) is 0 Å². The zero-order chi connectivity index (χ0) is 20.8. The summed E-state index contributed by atoms with van der Waals surface area (Å²) >= 11 is 0. The summed E-state index contributed by atoms with van der Waals surface area (Å²) in [5, 5.41) is 2.93. The Kier molecular flexibility index (Phi) is 7.00. The molecule has 28 heavy (non-hydrogen) atoms. The fraction of sp³-hybridized carbons (Fsp3) is 0.417. The molecule has 0 bridgehead atoms. The minimum atomic E-state index is -0.555. The smallest absolute Gasteiger partial charge is 0.312 e. The molecule has 0 unspecified atom stereocenters. The van der Waals surface area contributed by atoms with Gasteiger partial charge < -0.3 is 10.2 Å². The summed E-state index contributed by atoms with van der Waals surface area (Å²) in [4.78, 5) is 27.4. The third kappa shape index (κ3) is 7.18. The molecule has 0 saturated heterocycles. The van der Waals surface area contributed by atoms with Gasteiger partial charge in [0.25, 0.3) is 0 Å². The third-order valence-electron chi connectivity index (χ3n) is 4.34. The highest BCUT2D eigenvalue weighted by Gasteiger charge is 2.31. The van der Waals surface area contributed by atoms with Gasteiger partial charge in [-0.2, -0.15) is 0 Å². The molecular weight excluding hydrogens is 348 g/mol. The largest absolute Gasteiger partial charge is 0.343 e. The number of rotatable bonds is 6. The maximum absolute atomic E-state index is 13.0. The van der Waals surface area contributed by atoms with Gasteiger partial charge in [0.15, 0.2) is 0 Å². The van der Waals surface area contributed by atoms with Crippen LogP contribution in [0.4, 0.5) is 0 Å². The van der Waals surface area contributed by atoms with E-state index in [1.165, 1.54) is 0 Å². The zero-order valence-corrected chi connectivity index (χ0v) is 17.7. The van der Waals surface area contributed by atoms with Crippen LogP contribution in [0.15, 0.2) is 60.7 Å². The molecule has 2 amide bonds. The lowest BCUT2D eigenvalue weighted by Crippen LogP contribution is -2.51. The van der Waals surface area contributed by atoms with Crippen molar-refractivity contribution in [2.75, 3.05) is 0 Å². The number of nitrogens with zero attached hydrogens (tertiary/aromatic N) is 1. The van der Waals surface area contributed by atoms with Crippen LogP contribution in [-0.2, 0) is 22.7 Å². The number of carbonyl (C=O) groups excluding carboxylic acids is 2. The summed E-state index contributed by atoms with van der Waals surface area (Å²) in [6, 6.07) is 19.5. The van der Waals surface area contributed by atoms with Gasteiger partial charge in [-0.1, -0.05) is 81.4 Å². The second kappa shape index (κ2) is 9.05. The Bertz CT molecular complexity index is 736. The van der Waals surface area contributed by atoms with E-state index in [2.05, 4.69) is 26.1 Å². The van der Waals surface area contributed by atoms with Crippen molar-refractivity contribution in [3.63, 3.8) is 0 Å². The molecule has 4 nitrogen and oxygen atoms in total. The molecule has 0 spiro atoms. The number of hydrogen-bond donors (Lipinski definition) is 1. The molecule has 2 aromatic rings. The van der Waals surface area contributed by atoms with E-state index in [0.29, 0.717) is 13.1 Å². The Hall–Kier alpha value is -2.62. The maximum Gasteiger partial charge on any atom is 0.312 e. The number of nitrogens with one attached hydrogen (secondary N) is 1. The van der Waals surface area contributed by atoms with E-state index < -0.39 is 17.4 Å². The van der Waals surface area contributed by atoms with E-state index in [0.717, 1.165) is 17.5 Å². The van der Waals surface area contributed by atoms with Gasteiger partial charge >= 0.3 is 11.8 Å². The molecule has 0 atom stereocenters. The minimum Gasteiger partial charge on any atom is -0.343 e. The van der Waals surface area contributed by atoms with Crippen molar-refractivity contribution in [2.45, 2.75) is 59.7 Å². The minimum absolute atomic E-state index is 0.0492. The Labute approximate surface area is 169 Å². The maximum atomic E-state index is 13.0. The number of benzene rings is 2. The highest BCUT2D eigenvalue weighted by molar-refractivity contribution is 6.35. The molecule has 0 aromatic heterocycles. The van der Waals surface area contributed by atoms with Crippen molar-refractivity contribution in [1.29, 1.82) is 0 Å². The van der Waals surface area contributed by atoms with Gasteiger partial charge in [0.05, 0.1) is 0 Å². The quantitative estimate of drug-likeness (QED) is 0.748. The zero-order valence-electron chi connectivity index (χ0n) is 17.7. The molecule has 2 rings (SSSR count). The van der Waals surface area contributed by atoms with Gasteiger partial charge in [-0.3, -0.25) is 9.59 Å². The molecule has 1 N–H and O–H groups in total. The average Bonchev–Trinajstić information content (AvgIpc) is 2.59. The van der Waals surface area contributed by atoms with Gasteiger partial charge in [0.2, 0.25) is 0 Å². The van der Waals surface area contributed by atoms with Crippen molar-refractivity contribution >= 4 is 11.8 Å². The molecule has 0 heterocycles. The van der Waals surface area contributed by atoms with Crippen LogP contribution in [0.1, 0.15) is 52.2 Å². The van der Waals surface area contributed by atoms with Gasteiger partial charge in [-0.25, -0.2) is 0 Å². The van der Waals surface area contributed by atoms with Crippen molar-refractivity contribution in [3.8, 4) is 0 Å². The van der Waals surface area contributed by atoms with Crippen LogP contribution in [-0.4, -0.2) is 22.3 Å². The van der Waals surface area contributed by atoms with E-state index in [1.807, 2.05) is 74.5 Å². The molecule has 0 fully saturated rings. The van der Waals surface area contributed by atoms with Crippen molar-refractivity contribution in [1.82, 2.24) is 10.2 Å². The first-order valence-electron chi connectivity index (χ1n) is 9.75. The predicted octanol–water partition coefficient (Wildman–Crippen LogP) is 4.55. The Morgan fingerprint density at radius 1 is 0.786 bits per heavy atom. The van der Waals surface area contributed by atoms with Crippen molar-refractivity contribution in [2.24, 2.45) is 5.41 Å². The molecule has 2 aromatic carbocycles. The first-order chi connectivity index (χ1) is 13.1. The van der Waals surface area contributed by atoms with E-state index in [1.54, 1.807) is 4.90 Å². The van der Waals surface area contributed by atoms with Crippen molar-refractivity contribution in [3.05, 3.63) is 71.8 Å². The summed E-state index contributed by atoms with van der Waals surface area (Å²) in [6.45, 7) is 11.1. The highest BCUT2D eigenvalue weighted by Crippen LogP contribution is 2.26. The normalized spacial score (nSPS) is 11.8. The Morgan fingerprint density at radius 3 is 1.61 bits per heavy atom. The lowest BCUT2D eigenvalue weighted by atomic mass is 9.82. The van der Waals surface area contributed by atoms with Gasteiger partial charge in [-0.15, -0.1) is 0 Å². The fourth-order valence-electron chi connectivity index (χ4n) is 3.68. The third-order valence-corrected chi connectivity index (χ3v) is 4.34. The molecule has 0 radical (unpaired) electrons. The molecule has 0 saturated carbocycles. The first kappa shape index (κ1) is 21.7. The summed E-state index contributed by atoms with van der Waals surface area (Å²) < 4.78 is 0. The summed E-state index contributed by atoms with van der Waals surface area (Å²) in [7, 11) is 0. The second-order valence-corrected chi connectivity index (χ2v) is 9.21. The fourth-order valence-corrected chi connectivity index (χ4v) is 3.68. The van der Waals surface area contributed by atoms with Crippen LogP contribution >= 0.6 is 0 Å². The van der Waals surface area contributed by atoms with E-state index in [-0.39, 0.29) is 5.41 Å². The highest BCUT2D eigenvalue weighted by atomic mass is 16.2. The molecule has 150 valence electrons. The molecule has 4 heteroatoms. The van der Waals surface area contributed by atoms with E-state index in [9.17, 15) is 9.59 Å². The summed E-state index contributed by atoms with van der Waals surface area (Å²) in [6.07, 6.45) is 0.774. The van der Waals surface area contributed by atoms with Crippen molar-refractivity contribution < 1.29 is 9.59 Å². The number of carbonyl (C=O) groups is 2. The molecule has 0 aliphatic carbocycles. The average molecular weight is 381 g/mol. The predicted molar refractivity (Wildman–Crippen MR) is 113 cm³/mol. The standard InChI is InChI=1S/C24H32N2O2/c1-23(2,3)18-24(4,5)25-21(27)22(28)26(16-19-12-8-6-9-13-19)17-20-14-10-7-11-15-20/h6-15H,16-18H2,1-5H3,(H,25,27). The van der Waals surface area contributed by atoms with Crippen LogP contribution in [0.5, 0.6) is 0 Å². The monoisotopic (exact) mass is 380 g/mol. The lowest BCUT2D eigenvalue weighted by Gasteiger charge is -2.33. The number of amides is 2. The lowest BCUT2D eigenvalue weighted by molar-refractivity contribution is -0.147. The van der Waals surface area contributed by atoms with Gasteiger partial charge in [0, 0.05) is 18.6 Å². The van der Waals surface area contributed by atoms with Gasteiger partial charge in [0.1, 0.15) is 0 Å². The Balaban J connectivity index is 2.16. The van der Waals surface area contributed by atoms with Crippen LogP contribution in [0, 0.1) is 5.41 Å². The van der Waals surface area contributed by atoms with Crippen LogP contribution in [0.3, 0.4) is 0 Å². The molecule has 0 aliphatic rings. The first-order valence-corrected chi connectivity index (χ1v) is 9.75. The second-order valence-electron chi connectivity index (χ2n) is 9.21. The molecule has 0 aliphatic heterocycles. The number of hydrogen-bond acceptors (Lipinski definition) is 2. The summed E-state index contributed by atoms with van der Waals surface area (Å²) in [5.41, 5.74) is 1.58. The SMILES string of the molecule is CC(C)(C)CC(C)(C)NC(=O)C(=O)N(Cc1ccccc1)Cc1ccccc1. The van der Waals surface area contributed by atoms with Gasteiger partial charge in [-0.05, 0) is 36.8 Å². The summed E-state index contributed by atoms with van der Waals surface area (Å²) in [5.74, 6) is -1.06. The van der Waals surface area contributed by atoms with Crippen LogP contribution in [0.2, 0.25) is 0 Å². The van der Waals surface area contributed by atoms with Crippen LogP contribution < -0.4 is 5.32 Å². The topological polar surface area (TPSA) is 49.4 Å². The molecular formula is C24H32N2O2. The van der Waals surface area contributed by atoms with Crippen LogP contribution in [0.25, 0.3) is 0 Å². The Morgan fingerprint density at radius 2 is 1.21 bits per heavy atom. The van der Waals surface area contributed by atoms with E-state index >= 15 is 0 Å².